The summed E-state index contributed by atoms with van der Waals surface area (Å²) in [6, 6.07) is 1.48. The molecule has 0 saturated carbocycles. The van der Waals surface area contributed by atoms with Crippen molar-refractivity contribution in [2.45, 2.75) is 26.8 Å². The molecular weight excluding hydrogens is 234 g/mol. The van der Waals surface area contributed by atoms with Crippen molar-refractivity contribution in [1.82, 2.24) is 10.3 Å². The fraction of sp³-hybridized carbons (Fsp3) is 0.417. The molecule has 1 heterocycles. The van der Waals surface area contributed by atoms with Crippen molar-refractivity contribution in [3.63, 3.8) is 0 Å². The van der Waals surface area contributed by atoms with E-state index >= 15 is 0 Å². The number of aryl methyl sites for hydroxylation is 1. The van der Waals surface area contributed by atoms with Crippen LogP contribution in [0.1, 0.15) is 29.8 Å². The van der Waals surface area contributed by atoms with Gasteiger partial charge in [0.2, 0.25) is 0 Å². The Hall–Kier alpha value is -1.49. The fourth-order valence-electron chi connectivity index (χ4n) is 1.47. The number of pyridine rings is 1. The molecule has 0 aliphatic carbocycles. The van der Waals surface area contributed by atoms with E-state index in [0.717, 1.165) is 5.56 Å². The fourth-order valence-corrected chi connectivity index (χ4v) is 1.80. The number of aromatic nitrogens is 1. The summed E-state index contributed by atoms with van der Waals surface area (Å²) >= 11 is 4.93. The third-order valence-electron chi connectivity index (χ3n) is 2.40. The molecule has 4 nitrogen and oxygen atoms in total. The quantitative estimate of drug-likeness (QED) is 0.794. The zero-order valence-electron chi connectivity index (χ0n) is 10.2. The lowest BCUT2D eigenvalue weighted by molar-refractivity contribution is 0.0939. The molecule has 0 aromatic carbocycles. The summed E-state index contributed by atoms with van der Waals surface area (Å²) in [5, 5.41) is 2.81. The second-order valence-corrected chi connectivity index (χ2v) is 4.82. The Kier molecular flexibility index (Phi) is 4.57. The van der Waals surface area contributed by atoms with Crippen molar-refractivity contribution in [2.24, 2.45) is 11.7 Å². The maximum atomic E-state index is 11.9. The van der Waals surface area contributed by atoms with Gasteiger partial charge < -0.3 is 11.1 Å². The Bertz CT molecular complexity index is 432. The number of hydrogen-bond acceptors (Lipinski definition) is 3. The number of hydrogen-bond donors (Lipinski definition) is 2. The lowest BCUT2D eigenvalue weighted by Crippen LogP contribution is -2.46. The molecule has 0 fully saturated rings. The largest absolute Gasteiger partial charge is 0.392 e. The van der Waals surface area contributed by atoms with Crippen LogP contribution in [0.2, 0.25) is 0 Å². The van der Waals surface area contributed by atoms with E-state index < -0.39 is 0 Å². The molecule has 0 bridgehead atoms. The van der Waals surface area contributed by atoms with E-state index in [2.05, 4.69) is 10.3 Å². The van der Waals surface area contributed by atoms with E-state index in [1.165, 1.54) is 6.20 Å². The SMILES string of the molecule is Cc1cncc(C(=O)NC(C(N)=S)C(C)C)c1. The minimum Gasteiger partial charge on any atom is -0.392 e. The number of thiocarbonyl (C=S) groups is 1. The molecule has 1 aromatic rings. The van der Waals surface area contributed by atoms with Crippen molar-refractivity contribution < 1.29 is 4.79 Å². The van der Waals surface area contributed by atoms with Gasteiger partial charge in [-0.2, -0.15) is 0 Å². The highest BCUT2D eigenvalue weighted by Gasteiger charge is 2.19. The number of nitrogens with zero attached hydrogens (tertiary/aromatic N) is 1. The van der Waals surface area contributed by atoms with Crippen LogP contribution in [0.3, 0.4) is 0 Å². The number of carbonyl (C=O) groups excluding carboxylic acids is 1. The maximum Gasteiger partial charge on any atom is 0.253 e. The molecule has 1 amide bonds. The van der Waals surface area contributed by atoms with Crippen molar-refractivity contribution in [3.8, 4) is 0 Å². The summed E-state index contributed by atoms with van der Waals surface area (Å²) in [6.07, 6.45) is 3.23. The van der Waals surface area contributed by atoms with E-state index in [0.29, 0.717) is 10.6 Å². The van der Waals surface area contributed by atoms with Gasteiger partial charge in [-0.15, -0.1) is 0 Å². The van der Waals surface area contributed by atoms with Crippen LogP contribution in [0.15, 0.2) is 18.5 Å². The minimum atomic E-state index is -0.294. The number of nitrogens with one attached hydrogen (secondary N) is 1. The molecule has 1 rings (SSSR count). The lowest BCUT2D eigenvalue weighted by Gasteiger charge is -2.20. The first kappa shape index (κ1) is 13.6. The summed E-state index contributed by atoms with van der Waals surface area (Å²) in [7, 11) is 0. The Morgan fingerprint density at radius 1 is 1.47 bits per heavy atom. The zero-order valence-corrected chi connectivity index (χ0v) is 11.0. The standard InChI is InChI=1S/C12H17N3OS/c1-7(2)10(11(13)17)15-12(16)9-4-8(3)5-14-6-9/h4-7,10H,1-3H3,(H2,13,17)(H,15,16). The number of carbonyl (C=O) groups is 1. The van der Waals surface area contributed by atoms with Gasteiger partial charge in [-0.1, -0.05) is 26.1 Å². The van der Waals surface area contributed by atoms with Gasteiger partial charge in [0.25, 0.3) is 5.91 Å². The van der Waals surface area contributed by atoms with E-state index in [4.69, 9.17) is 18.0 Å². The molecule has 0 saturated heterocycles. The first-order chi connectivity index (χ1) is 7.91. The molecule has 1 unspecified atom stereocenters. The van der Waals surface area contributed by atoms with Crippen molar-refractivity contribution >= 4 is 23.1 Å². The van der Waals surface area contributed by atoms with Crippen molar-refractivity contribution in [1.29, 1.82) is 0 Å². The topological polar surface area (TPSA) is 68.0 Å². The highest BCUT2D eigenvalue weighted by atomic mass is 32.1. The molecule has 0 aliphatic heterocycles. The molecule has 1 aromatic heterocycles. The van der Waals surface area contributed by atoms with Crippen molar-refractivity contribution in [2.75, 3.05) is 0 Å². The molecule has 17 heavy (non-hydrogen) atoms. The molecule has 3 N–H and O–H groups in total. The van der Waals surface area contributed by atoms with Gasteiger partial charge in [-0.05, 0) is 24.5 Å². The normalized spacial score (nSPS) is 12.2. The van der Waals surface area contributed by atoms with E-state index in [1.807, 2.05) is 20.8 Å². The summed E-state index contributed by atoms with van der Waals surface area (Å²) in [6.45, 7) is 5.80. The highest BCUT2D eigenvalue weighted by molar-refractivity contribution is 7.80. The number of rotatable bonds is 4. The molecule has 0 spiro atoms. The van der Waals surface area contributed by atoms with Gasteiger partial charge in [0.15, 0.2) is 0 Å². The van der Waals surface area contributed by atoms with Gasteiger partial charge in [0.05, 0.1) is 16.6 Å². The van der Waals surface area contributed by atoms with Gasteiger partial charge >= 0.3 is 0 Å². The molecule has 92 valence electrons. The Morgan fingerprint density at radius 2 is 2.12 bits per heavy atom. The first-order valence-electron chi connectivity index (χ1n) is 5.43. The molecular formula is C12H17N3OS. The molecule has 5 heteroatoms. The van der Waals surface area contributed by atoms with Crippen LogP contribution in [-0.2, 0) is 0 Å². The lowest BCUT2D eigenvalue weighted by atomic mass is 10.0. The minimum absolute atomic E-state index is 0.161. The highest BCUT2D eigenvalue weighted by Crippen LogP contribution is 2.06. The Morgan fingerprint density at radius 3 is 2.59 bits per heavy atom. The van der Waals surface area contributed by atoms with E-state index in [-0.39, 0.29) is 17.9 Å². The van der Waals surface area contributed by atoms with Crippen LogP contribution in [0.4, 0.5) is 0 Å². The average molecular weight is 251 g/mol. The Labute approximate surface area is 107 Å². The number of amides is 1. The smallest absolute Gasteiger partial charge is 0.253 e. The molecule has 0 aliphatic rings. The summed E-state index contributed by atoms with van der Waals surface area (Å²) in [5.74, 6) is -0.0399. The van der Waals surface area contributed by atoms with Crippen LogP contribution >= 0.6 is 12.2 Å². The second-order valence-electron chi connectivity index (χ2n) is 4.35. The monoisotopic (exact) mass is 251 g/mol. The van der Waals surface area contributed by atoms with Gasteiger partial charge in [0, 0.05) is 12.4 Å². The summed E-state index contributed by atoms with van der Waals surface area (Å²) < 4.78 is 0. The van der Waals surface area contributed by atoms with Crippen LogP contribution in [0, 0.1) is 12.8 Å². The third kappa shape index (κ3) is 3.78. The second kappa shape index (κ2) is 5.72. The van der Waals surface area contributed by atoms with Crippen LogP contribution < -0.4 is 11.1 Å². The van der Waals surface area contributed by atoms with Gasteiger partial charge in [-0.3, -0.25) is 9.78 Å². The maximum absolute atomic E-state index is 11.9. The molecule has 1 atom stereocenters. The summed E-state index contributed by atoms with van der Waals surface area (Å²) in [5.41, 5.74) is 7.05. The van der Waals surface area contributed by atoms with E-state index in [9.17, 15) is 4.79 Å². The Balaban J connectivity index is 2.81. The zero-order chi connectivity index (χ0) is 13.0. The van der Waals surface area contributed by atoms with E-state index in [1.54, 1.807) is 12.3 Å². The molecule has 0 radical (unpaired) electrons. The van der Waals surface area contributed by atoms with Crippen LogP contribution in [-0.4, -0.2) is 21.9 Å². The van der Waals surface area contributed by atoms with Gasteiger partial charge in [-0.25, -0.2) is 0 Å². The van der Waals surface area contributed by atoms with Crippen LogP contribution in [0.25, 0.3) is 0 Å². The average Bonchev–Trinajstić information content (AvgIpc) is 2.24. The predicted octanol–water partition coefficient (Wildman–Crippen LogP) is 1.43. The van der Waals surface area contributed by atoms with Crippen molar-refractivity contribution in [3.05, 3.63) is 29.6 Å². The van der Waals surface area contributed by atoms with Gasteiger partial charge in [0.1, 0.15) is 0 Å². The van der Waals surface area contributed by atoms with Crippen LogP contribution in [0.5, 0.6) is 0 Å². The first-order valence-corrected chi connectivity index (χ1v) is 5.84. The summed E-state index contributed by atoms with van der Waals surface area (Å²) in [4.78, 5) is 16.2. The predicted molar refractivity (Wildman–Crippen MR) is 71.9 cm³/mol. The third-order valence-corrected chi connectivity index (χ3v) is 2.65. The number of nitrogens with two attached hydrogens (primary N) is 1.